The molecule has 0 radical (unpaired) electrons. The fourth-order valence-corrected chi connectivity index (χ4v) is 2.86. The summed E-state index contributed by atoms with van der Waals surface area (Å²) in [6.45, 7) is 7.79. The van der Waals surface area contributed by atoms with Crippen molar-refractivity contribution >= 4 is 22.5 Å². The molecule has 5 heteroatoms. The van der Waals surface area contributed by atoms with E-state index in [0.717, 1.165) is 28.7 Å². The Morgan fingerprint density at radius 1 is 1.17 bits per heavy atom. The highest BCUT2D eigenvalue weighted by Gasteiger charge is 2.17. The molecule has 0 spiro atoms. The zero-order chi connectivity index (χ0) is 16.4. The number of rotatable bonds is 5. The summed E-state index contributed by atoms with van der Waals surface area (Å²) >= 11 is 6.23. The highest BCUT2D eigenvalue weighted by molar-refractivity contribution is 6.34. The summed E-state index contributed by atoms with van der Waals surface area (Å²) in [5.41, 5.74) is 3.15. The number of hydrogen-bond donors (Lipinski definition) is 0. The maximum absolute atomic E-state index is 6.23. The number of halogens is 1. The molecule has 2 aromatic heterocycles. The number of benzene rings is 1. The normalized spacial score (nSPS) is 11.3. The van der Waals surface area contributed by atoms with E-state index < -0.39 is 0 Å². The van der Waals surface area contributed by atoms with Gasteiger partial charge >= 0.3 is 0 Å². The minimum Gasteiger partial charge on any atom is -0.470 e. The first-order valence-electron chi connectivity index (χ1n) is 7.75. The number of ether oxygens (including phenoxy) is 1. The molecule has 0 fully saturated rings. The maximum Gasteiger partial charge on any atom is 0.258 e. The van der Waals surface area contributed by atoms with E-state index in [1.807, 2.05) is 36.4 Å². The van der Waals surface area contributed by atoms with Crippen LogP contribution < -0.4 is 4.74 Å². The van der Waals surface area contributed by atoms with Gasteiger partial charge in [-0.1, -0.05) is 55.8 Å². The fraction of sp³-hybridized carbons (Fsp3) is 0.333. The largest absolute Gasteiger partial charge is 0.470 e. The van der Waals surface area contributed by atoms with Crippen LogP contribution in [0.5, 0.6) is 5.88 Å². The van der Waals surface area contributed by atoms with Crippen LogP contribution in [0.4, 0.5) is 0 Å². The number of fused-ring (bicyclic) bond motifs is 1. The van der Waals surface area contributed by atoms with Gasteiger partial charge in [-0.15, -0.1) is 10.2 Å². The summed E-state index contributed by atoms with van der Waals surface area (Å²) in [6, 6.07) is 12.1. The van der Waals surface area contributed by atoms with Gasteiger partial charge in [0.05, 0.1) is 0 Å². The first-order valence-corrected chi connectivity index (χ1v) is 8.12. The molecule has 0 aliphatic rings. The summed E-state index contributed by atoms with van der Waals surface area (Å²) in [4.78, 5) is 0. The van der Waals surface area contributed by atoms with Gasteiger partial charge in [0, 0.05) is 17.6 Å². The lowest BCUT2D eigenvalue weighted by Gasteiger charge is -2.13. The first kappa shape index (κ1) is 15.8. The van der Waals surface area contributed by atoms with Gasteiger partial charge < -0.3 is 9.30 Å². The fourth-order valence-electron chi connectivity index (χ4n) is 2.68. The van der Waals surface area contributed by atoms with Gasteiger partial charge in [0.1, 0.15) is 12.1 Å². The number of hydrogen-bond acceptors (Lipinski definition) is 3. The van der Waals surface area contributed by atoms with Gasteiger partial charge in [0.15, 0.2) is 5.15 Å². The highest BCUT2D eigenvalue weighted by Crippen LogP contribution is 2.31. The van der Waals surface area contributed by atoms with Crippen molar-refractivity contribution in [2.24, 2.45) is 5.92 Å². The van der Waals surface area contributed by atoms with Crippen LogP contribution in [0.2, 0.25) is 5.15 Å². The van der Waals surface area contributed by atoms with Gasteiger partial charge in [0.25, 0.3) is 5.88 Å². The zero-order valence-corrected chi connectivity index (χ0v) is 14.3. The van der Waals surface area contributed by atoms with Gasteiger partial charge in [0.2, 0.25) is 0 Å². The summed E-state index contributed by atoms with van der Waals surface area (Å²) < 4.78 is 8.15. The Labute approximate surface area is 141 Å². The molecule has 0 unspecified atom stereocenters. The molecule has 0 amide bonds. The smallest absolute Gasteiger partial charge is 0.258 e. The molecule has 0 N–H and O–H groups in total. The van der Waals surface area contributed by atoms with Crippen LogP contribution in [0, 0.1) is 12.8 Å². The predicted octanol–water partition coefficient (Wildman–Crippen LogP) is 4.63. The Hall–Kier alpha value is -2.07. The summed E-state index contributed by atoms with van der Waals surface area (Å²) in [5, 5.41) is 9.51. The molecule has 23 heavy (non-hydrogen) atoms. The Balaban J connectivity index is 2.00. The molecule has 0 atom stereocenters. The molecule has 0 bridgehead atoms. The van der Waals surface area contributed by atoms with Crippen molar-refractivity contribution in [3.63, 3.8) is 0 Å². The van der Waals surface area contributed by atoms with E-state index in [2.05, 4.69) is 35.5 Å². The van der Waals surface area contributed by atoms with Gasteiger partial charge in [-0.05, 0) is 24.5 Å². The van der Waals surface area contributed by atoms with Crippen LogP contribution in [0.1, 0.15) is 25.1 Å². The molecule has 0 saturated heterocycles. The standard InChI is InChI=1S/C18H20ClN3O/c1-12(2)10-22-13(3)9-15-16(22)18(21-20-17(15)19)23-11-14-7-5-4-6-8-14/h4-9,12H,10-11H2,1-3H3. The molecule has 4 nitrogen and oxygen atoms in total. The van der Waals surface area contributed by atoms with E-state index >= 15 is 0 Å². The lowest BCUT2D eigenvalue weighted by Crippen LogP contribution is -2.08. The third-order valence-corrected chi connectivity index (χ3v) is 4.00. The van der Waals surface area contributed by atoms with Gasteiger partial charge in [-0.2, -0.15) is 0 Å². The monoisotopic (exact) mass is 329 g/mol. The molecule has 2 heterocycles. The van der Waals surface area contributed by atoms with E-state index in [-0.39, 0.29) is 0 Å². The molecule has 0 aliphatic heterocycles. The van der Waals surface area contributed by atoms with Crippen LogP contribution in [0.3, 0.4) is 0 Å². The van der Waals surface area contributed by atoms with Crippen LogP contribution >= 0.6 is 11.6 Å². The van der Waals surface area contributed by atoms with Crippen LogP contribution in [-0.2, 0) is 13.2 Å². The second-order valence-corrected chi connectivity index (χ2v) is 6.48. The van der Waals surface area contributed by atoms with Crippen molar-refractivity contribution in [3.05, 3.63) is 52.8 Å². The van der Waals surface area contributed by atoms with Crippen molar-refractivity contribution in [1.82, 2.24) is 14.8 Å². The first-order chi connectivity index (χ1) is 11.1. The van der Waals surface area contributed by atoms with Crippen molar-refractivity contribution in [2.45, 2.75) is 33.9 Å². The Bertz CT molecular complexity index is 812. The highest BCUT2D eigenvalue weighted by atomic mass is 35.5. The summed E-state index contributed by atoms with van der Waals surface area (Å²) in [6.07, 6.45) is 0. The van der Waals surface area contributed by atoms with E-state index in [1.54, 1.807) is 0 Å². The molecular weight excluding hydrogens is 310 g/mol. The number of aryl methyl sites for hydroxylation is 1. The lowest BCUT2D eigenvalue weighted by molar-refractivity contribution is 0.292. The molecule has 0 saturated carbocycles. The Kier molecular flexibility index (Phi) is 4.53. The molecule has 1 aromatic carbocycles. The number of nitrogens with zero attached hydrogens (tertiary/aromatic N) is 3. The molecule has 120 valence electrons. The third kappa shape index (κ3) is 3.32. The van der Waals surface area contributed by atoms with Gasteiger partial charge in [-0.3, -0.25) is 0 Å². The number of aromatic nitrogens is 3. The summed E-state index contributed by atoms with van der Waals surface area (Å²) in [7, 11) is 0. The quantitative estimate of drug-likeness (QED) is 0.685. The molecule has 0 aliphatic carbocycles. The minimum atomic E-state index is 0.415. The van der Waals surface area contributed by atoms with Crippen molar-refractivity contribution in [3.8, 4) is 5.88 Å². The lowest BCUT2D eigenvalue weighted by atomic mass is 10.2. The predicted molar refractivity (Wildman–Crippen MR) is 92.9 cm³/mol. The summed E-state index contributed by atoms with van der Waals surface area (Å²) in [5.74, 6) is 1.04. The Morgan fingerprint density at radius 3 is 2.61 bits per heavy atom. The van der Waals surface area contributed by atoms with E-state index in [0.29, 0.717) is 23.6 Å². The van der Waals surface area contributed by atoms with Gasteiger partial charge in [-0.25, -0.2) is 0 Å². The van der Waals surface area contributed by atoms with Crippen molar-refractivity contribution in [2.75, 3.05) is 0 Å². The molecule has 3 rings (SSSR count). The second kappa shape index (κ2) is 6.59. The van der Waals surface area contributed by atoms with E-state index in [4.69, 9.17) is 16.3 Å². The van der Waals surface area contributed by atoms with Crippen molar-refractivity contribution < 1.29 is 4.74 Å². The molecular formula is C18H20ClN3O. The Morgan fingerprint density at radius 2 is 1.91 bits per heavy atom. The maximum atomic E-state index is 6.23. The molecule has 3 aromatic rings. The van der Waals surface area contributed by atoms with Crippen LogP contribution in [0.25, 0.3) is 10.9 Å². The van der Waals surface area contributed by atoms with Crippen LogP contribution in [-0.4, -0.2) is 14.8 Å². The van der Waals surface area contributed by atoms with Crippen molar-refractivity contribution in [1.29, 1.82) is 0 Å². The van der Waals surface area contributed by atoms with Crippen LogP contribution in [0.15, 0.2) is 36.4 Å². The SMILES string of the molecule is Cc1cc2c(Cl)nnc(OCc3ccccc3)c2n1CC(C)C. The topological polar surface area (TPSA) is 39.9 Å². The average molecular weight is 330 g/mol. The van der Waals surface area contributed by atoms with E-state index in [9.17, 15) is 0 Å². The third-order valence-electron chi connectivity index (χ3n) is 3.72. The second-order valence-electron chi connectivity index (χ2n) is 6.12. The zero-order valence-electron chi connectivity index (χ0n) is 13.6. The average Bonchev–Trinajstić information content (AvgIpc) is 2.85. The van der Waals surface area contributed by atoms with E-state index in [1.165, 1.54) is 0 Å². The minimum absolute atomic E-state index is 0.415.